The van der Waals surface area contributed by atoms with E-state index in [1.165, 1.54) is 12.3 Å². The summed E-state index contributed by atoms with van der Waals surface area (Å²) in [6.45, 7) is 0.163. The molecule has 1 aromatic heterocycles. The van der Waals surface area contributed by atoms with E-state index in [0.717, 1.165) is 12.1 Å². The first-order chi connectivity index (χ1) is 11.1. The van der Waals surface area contributed by atoms with Gasteiger partial charge in [0.2, 0.25) is 5.91 Å². The molecule has 0 saturated heterocycles. The summed E-state index contributed by atoms with van der Waals surface area (Å²) in [5.41, 5.74) is 0. The van der Waals surface area contributed by atoms with Gasteiger partial charge in [0, 0.05) is 12.5 Å². The zero-order chi connectivity index (χ0) is 16.7. The summed E-state index contributed by atoms with van der Waals surface area (Å²) in [4.78, 5) is 11.6. The van der Waals surface area contributed by atoms with Crippen molar-refractivity contribution in [3.63, 3.8) is 0 Å². The lowest BCUT2D eigenvalue weighted by Crippen LogP contribution is -2.28. The number of carbonyl (C=O) groups is 1. The van der Waals surface area contributed by atoms with E-state index in [2.05, 4.69) is 5.32 Å². The van der Waals surface area contributed by atoms with Crippen LogP contribution in [0.1, 0.15) is 24.7 Å². The van der Waals surface area contributed by atoms with Gasteiger partial charge in [-0.15, -0.1) is 0 Å². The molecule has 0 radical (unpaired) electrons. The monoisotopic (exact) mass is 325 g/mol. The summed E-state index contributed by atoms with van der Waals surface area (Å²) in [5.74, 6) is -1.40. The van der Waals surface area contributed by atoms with Crippen LogP contribution in [0.15, 0.2) is 41.0 Å². The molecule has 0 aliphatic heterocycles. The SMILES string of the molecule is O=C(CCCOc1ccc(F)cc1F)NCC(O)c1ccco1. The minimum absolute atomic E-state index is 0.0415. The molecule has 2 N–H and O–H groups in total. The second-order valence-electron chi connectivity index (χ2n) is 4.86. The van der Waals surface area contributed by atoms with Crippen LogP contribution in [-0.2, 0) is 4.79 Å². The van der Waals surface area contributed by atoms with E-state index >= 15 is 0 Å². The Morgan fingerprint density at radius 1 is 1.35 bits per heavy atom. The molecule has 1 unspecified atom stereocenters. The minimum Gasteiger partial charge on any atom is -0.491 e. The average molecular weight is 325 g/mol. The second-order valence-corrected chi connectivity index (χ2v) is 4.86. The molecule has 0 spiro atoms. The van der Waals surface area contributed by atoms with Crippen molar-refractivity contribution in [3.8, 4) is 5.75 Å². The van der Waals surface area contributed by atoms with Crippen molar-refractivity contribution in [1.82, 2.24) is 5.32 Å². The molecule has 2 rings (SSSR count). The number of ether oxygens (including phenoxy) is 1. The van der Waals surface area contributed by atoms with Gasteiger partial charge in [0.15, 0.2) is 11.6 Å². The number of nitrogens with one attached hydrogen (secondary N) is 1. The molecule has 23 heavy (non-hydrogen) atoms. The maximum absolute atomic E-state index is 13.3. The average Bonchev–Trinajstić information content (AvgIpc) is 3.05. The van der Waals surface area contributed by atoms with E-state index in [-0.39, 0.29) is 31.2 Å². The van der Waals surface area contributed by atoms with Crippen LogP contribution in [0, 0.1) is 11.6 Å². The lowest BCUT2D eigenvalue weighted by atomic mass is 10.2. The van der Waals surface area contributed by atoms with Crippen LogP contribution in [0.4, 0.5) is 8.78 Å². The Labute approximate surface area is 131 Å². The number of hydrogen-bond donors (Lipinski definition) is 2. The third-order valence-electron chi connectivity index (χ3n) is 3.06. The van der Waals surface area contributed by atoms with Crippen LogP contribution in [0.2, 0.25) is 0 Å². The Kier molecular flexibility index (Phi) is 6.10. The second kappa shape index (κ2) is 8.28. The molecule has 1 heterocycles. The molecule has 1 amide bonds. The maximum Gasteiger partial charge on any atom is 0.220 e. The Morgan fingerprint density at radius 2 is 2.17 bits per heavy atom. The molecule has 2 aromatic rings. The Morgan fingerprint density at radius 3 is 2.87 bits per heavy atom. The fourth-order valence-electron chi connectivity index (χ4n) is 1.89. The summed E-state index contributed by atoms with van der Waals surface area (Å²) in [6, 6.07) is 6.29. The molecule has 0 aliphatic rings. The smallest absolute Gasteiger partial charge is 0.220 e. The van der Waals surface area contributed by atoms with Gasteiger partial charge in [0.1, 0.15) is 17.7 Å². The molecule has 1 atom stereocenters. The van der Waals surface area contributed by atoms with Gasteiger partial charge in [-0.2, -0.15) is 0 Å². The van der Waals surface area contributed by atoms with Crippen molar-refractivity contribution in [3.05, 3.63) is 54.0 Å². The molecule has 0 bridgehead atoms. The van der Waals surface area contributed by atoms with Crippen molar-refractivity contribution in [1.29, 1.82) is 0 Å². The summed E-state index contributed by atoms with van der Waals surface area (Å²) < 4.78 is 36.2. The van der Waals surface area contributed by atoms with Crippen LogP contribution >= 0.6 is 0 Å². The molecular weight excluding hydrogens is 308 g/mol. The van der Waals surface area contributed by atoms with Gasteiger partial charge in [0.05, 0.1) is 19.4 Å². The van der Waals surface area contributed by atoms with Gasteiger partial charge >= 0.3 is 0 Å². The van der Waals surface area contributed by atoms with Crippen molar-refractivity contribution >= 4 is 5.91 Å². The summed E-state index contributed by atoms with van der Waals surface area (Å²) in [5, 5.41) is 12.3. The third kappa shape index (κ3) is 5.37. The number of benzene rings is 1. The van der Waals surface area contributed by atoms with Crippen molar-refractivity contribution in [2.75, 3.05) is 13.2 Å². The number of aliphatic hydroxyl groups excluding tert-OH is 1. The van der Waals surface area contributed by atoms with Crippen LogP contribution in [0.25, 0.3) is 0 Å². The van der Waals surface area contributed by atoms with Gasteiger partial charge in [-0.05, 0) is 30.7 Å². The summed E-state index contributed by atoms with van der Waals surface area (Å²) in [7, 11) is 0. The molecular formula is C16H17F2NO4. The van der Waals surface area contributed by atoms with Crippen molar-refractivity contribution < 1.29 is 27.8 Å². The van der Waals surface area contributed by atoms with E-state index < -0.39 is 17.7 Å². The first-order valence-electron chi connectivity index (χ1n) is 7.12. The highest BCUT2D eigenvalue weighted by Gasteiger charge is 2.12. The van der Waals surface area contributed by atoms with E-state index in [1.807, 2.05) is 0 Å². The zero-order valence-electron chi connectivity index (χ0n) is 12.3. The fraction of sp³-hybridized carbons (Fsp3) is 0.312. The largest absolute Gasteiger partial charge is 0.491 e. The number of carbonyl (C=O) groups excluding carboxylic acids is 1. The molecule has 1 aromatic carbocycles. The quantitative estimate of drug-likeness (QED) is 0.732. The highest BCUT2D eigenvalue weighted by molar-refractivity contribution is 5.75. The van der Waals surface area contributed by atoms with Gasteiger partial charge in [-0.25, -0.2) is 8.78 Å². The Bertz CT molecular complexity index is 631. The van der Waals surface area contributed by atoms with Gasteiger partial charge in [-0.1, -0.05) is 0 Å². The molecule has 124 valence electrons. The van der Waals surface area contributed by atoms with E-state index in [1.54, 1.807) is 12.1 Å². The molecule has 0 saturated carbocycles. The first kappa shape index (κ1) is 17.0. The zero-order valence-corrected chi connectivity index (χ0v) is 12.3. The fourth-order valence-corrected chi connectivity index (χ4v) is 1.89. The van der Waals surface area contributed by atoms with Crippen LogP contribution in [0.3, 0.4) is 0 Å². The number of furan rings is 1. The number of aliphatic hydroxyl groups is 1. The Balaban J connectivity index is 1.63. The lowest BCUT2D eigenvalue weighted by Gasteiger charge is -2.10. The number of rotatable bonds is 8. The standard InChI is InChI=1S/C16H17F2NO4/c17-11-5-6-14(12(18)9-11)22-8-2-4-16(21)19-10-13(20)15-3-1-7-23-15/h1,3,5-7,9,13,20H,2,4,8,10H2,(H,19,21). The lowest BCUT2D eigenvalue weighted by molar-refractivity contribution is -0.121. The minimum atomic E-state index is -0.904. The normalized spacial score (nSPS) is 12.0. The van der Waals surface area contributed by atoms with Crippen LogP contribution in [0.5, 0.6) is 5.75 Å². The van der Waals surface area contributed by atoms with Crippen LogP contribution in [-0.4, -0.2) is 24.2 Å². The van der Waals surface area contributed by atoms with Crippen molar-refractivity contribution in [2.24, 2.45) is 0 Å². The van der Waals surface area contributed by atoms with Gasteiger partial charge in [0.25, 0.3) is 0 Å². The maximum atomic E-state index is 13.3. The number of amides is 1. The topological polar surface area (TPSA) is 71.7 Å². The van der Waals surface area contributed by atoms with Crippen LogP contribution < -0.4 is 10.1 Å². The molecule has 0 aliphatic carbocycles. The molecule has 7 heteroatoms. The van der Waals surface area contributed by atoms with E-state index in [9.17, 15) is 18.7 Å². The molecule has 0 fully saturated rings. The predicted octanol–water partition coefficient (Wildman–Crippen LogP) is 2.57. The predicted molar refractivity (Wildman–Crippen MR) is 77.8 cm³/mol. The van der Waals surface area contributed by atoms with Gasteiger partial charge in [-0.3, -0.25) is 4.79 Å². The highest BCUT2D eigenvalue weighted by atomic mass is 19.1. The van der Waals surface area contributed by atoms with E-state index in [0.29, 0.717) is 12.2 Å². The van der Waals surface area contributed by atoms with Crippen molar-refractivity contribution in [2.45, 2.75) is 18.9 Å². The Hall–Kier alpha value is -2.41. The van der Waals surface area contributed by atoms with E-state index in [4.69, 9.17) is 9.15 Å². The first-order valence-corrected chi connectivity index (χ1v) is 7.12. The molecule has 5 nitrogen and oxygen atoms in total. The third-order valence-corrected chi connectivity index (χ3v) is 3.06. The summed E-state index contributed by atoms with van der Waals surface area (Å²) >= 11 is 0. The summed E-state index contributed by atoms with van der Waals surface area (Å²) in [6.07, 6.45) is 1.05. The number of halogens is 2. The van der Waals surface area contributed by atoms with Gasteiger partial charge < -0.3 is 19.6 Å². The number of hydrogen-bond acceptors (Lipinski definition) is 4. The highest BCUT2D eigenvalue weighted by Crippen LogP contribution is 2.17.